The molecule has 3 aromatic rings. The Morgan fingerprint density at radius 3 is 2.38 bits per heavy atom. The highest BCUT2D eigenvalue weighted by atomic mass is 16.5. The van der Waals surface area contributed by atoms with Gasteiger partial charge >= 0.3 is 0 Å². The third-order valence-corrected chi connectivity index (χ3v) is 3.91. The van der Waals surface area contributed by atoms with Crippen molar-refractivity contribution >= 4 is 21.9 Å². The molecule has 0 aromatic heterocycles. The fourth-order valence-corrected chi connectivity index (χ4v) is 2.85. The second kappa shape index (κ2) is 4.64. The van der Waals surface area contributed by atoms with Crippen LogP contribution in [0.1, 0.15) is 11.1 Å². The van der Waals surface area contributed by atoms with Gasteiger partial charge in [0.25, 0.3) is 0 Å². The lowest BCUT2D eigenvalue weighted by molar-refractivity contribution is 0.479. The SMILES string of the molecule is C=C1C(c2ccccc2)=COc2ccc3ccccc3c21. The van der Waals surface area contributed by atoms with Gasteiger partial charge in [0.2, 0.25) is 0 Å². The summed E-state index contributed by atoms with van der Waals surface area (Å²) in [4.78, 5) is 0. The van der Waals surface area contributed by atoms with Crippen molar-refractivity contribution in [2.24, 2.45) is 0 Å². The van der Waals surface area contributed by atoms with Crippen LogP contribution < -0.4 is 4.74 Å². The van der Waals surface area contributed by atoms with Gasteiger partial charge in [0.1, 0.15) is 5.75 Å². The maximum absolute atomic E-state index is 5.85. The molecule has 1 aliphatic rings. The maximum Gasteiger partial charge on any atom is 0.135 e. The summed E-state index contributed by atoms with van der Waals surface area (Å²) in [7, 11) is 0. The summed E-state index contributed by atoms with van der Waals surface area (Å²) in [5, 5.41) is 2.39. The van der Waals surface area contributed by atoms with Crippen molar-refractivity contribution in [2.75, 3.05) is 0 Å². The maximum atomic E-state index is 5.85. The van der Waals surface area contributed by atoms with Crippen LogP contribution in [0.5, 0.6) is 5.75 Å². The summed E-state index contributed by atoms with van der Waals surface area (Å²) in [6.07, 6.45) is 1.80. The average Bonchev–Trinajstić information content (AvgIpc) is 2.55. The van der Waals surface area contributed by atoms with E-state index in [0.717, 1.165) is 28.0 Å². The van der Waals surface area contributed by atoms with Crippen molar-refractivity contribution in [3.05, 3.63) is 90.7 Å². The molecule has 0 saturated heterocycles. The molecule has 21 heavy (non-hydrogen) atoms. The van der Waals surface area contributed by atoms with Gasteiger partial charge in [-0.2, -0.15) is 0 Å². The van der Waals surface area contributed by atoms with Crippen LogP contribution in [-0.4, -0.2) is 0 Å². The molecular weight excluding hydrogens is 256 g/mol. The van der Waals surface area contributed by atoms with Crippen LogP contribution in [0.4, 0.5) is 0 Å². The molecule has 1 nitrogen and oxygen atoms in total. The van der Waals surface area contributed by atoms with Gasteiger partial charge in [-0.05, 0) is 28.0 Å². The lowest BCUT2D eigenvalue weighted by Gasteiger charge is -2.21. The molecule has 0 unspecified atom stereocenters. The van der Waals surface area contributed by atoms with E-state index >= 15 is 0 Å². The highest BCUT2D eigenvalue weighted by Gasteiger charge is 2.20. The van der Waals surface area contributed by atoms with Gasteiger partial charge < -0.3 is 4.74 Å². The number of allylic oxidation sites excluding steroid dienone is 2. The lowest BCUT2D eigenvalue weighted by Crippen LogP contribution is -2.02. The molecular formula is C20H14O. The van der Waals surface area contributed by atoms with E-state index in [1.54, 1.807) is 6.26 Å². The van der Waals surface area contributed by atoms with Gasteiger partial charge in [-0.3, -0.25) is 0 Å². The Hall–Kier alpha value is -2.80. The van der Waals surface area contributed by atoms with Crippen molar-refractivity contribution in [1.29, 1.82) is 0 Å². The van der Waals surface area contributed by atoms with Crippen LogP contribution in [0.15, 0.2) is 79.6 Å². The van der Waals surface area contributed by atoms with E-state index < -0.39 is 0 Å². The van der Waals surface area contributed by atoms with Crippen molar-refractivity contribution in [3.63, 3.8) is 0 Å². The highest BCUT2D eigenvalue weighted by Crippen LogP contribution is 2.42. The first-order chi connectivity index (χ1) is 10.3. The zero-order valence-corrected chi connectivity index (χ0v) is 11.5. The van der Waals surface area contributed by atoms with Crippen LogP contribution in [0, 0.1) is 0 Å². The van der Waals surface area contributed by atoms with E-state index in [2.05, 4.69) is 49.0 Å². The third-order valence-electron chi connectivity index (χ3n) is 3.91. The standard InChI is InChI=1S/C20H14O/c1-14-18(15-7-3-2-4-8-15)13-21-19-12-11-16-9-5-6-10-17(16)20(14)19/h2-13H,1H2. The predicted molar refractivity (Wildman–Crippen MR) is 88.0 cm³/mol. The average molecular weight is 270 g/mol. The summed E-state index contributed by atoms with van der Waals surface area (Å²) < 4.78 is 5.85. The zero-order chi connectivity index (χ0) is 14.2. The van der Waals surface area contributed by atoms with Crippen LogP contribution in [-0.2, 0) is 0 Å². The molecule has 1 aliphatic heterocycles. The fourth-order valence-electron chi connectivity index (χ4n) is 2.85. The molecule has 0 radical (unpaired) electrons. The van der Waals surface area contributed by atoms with E-state index in [-0.39, 0.29) is 0 Å². The molecule has 4 rings (SSSR count). The molecule has 0 saturated carbocycles. The minimum atomic E-state index is 0.874. The van der Waals surface area contributed by atoms with Gasteiger partial charge in [0.05, 0.1) is 6.26 Å². The second-order valence-corrected chi connectivity index (χ2v) is 5.15. The molecule has 0 amide bonds. The Labute approximate surface area is 123 Å². The van der Waals surface area contributed by atoms with E-state index in [4.69, 9.17) is 4.74 Å². The molecule has 0 aliphatic carbocycles. The Morgan fingerprint density at radius 1 is 0.762 bits per heavy atom. The summed E-state index contributed by atoms with van der Waals surface area (Å²) in [5.74, 6) is 0.874. The lowest BCUT2D eigenvalue weighted by atomic mass is 9.89. The predicted octanol–water partition coefficient (Wildman–Crippen LogP) is 5.29. The van der Waals surface area contributed by atoms with Crippen LogP contribution in [0.25, 0.3) is 21.9 Å². The van der Waals surface area contributed by atoms with Gasteiger partial charge in [0.15, 0.2) is 0 Å². The monoisotopic (exact) mass is 270 g/mol. The Kier molecular flexibility index (Phi) is 2.65. The Bertz CT molecular complexity index is 873. The number of ether oxygens (including phenoxy) is 1. The van der Waals surface area contributed by atoms with Crippen molar-refractivity contribution in [1.82, 2.24) is 0 Å². The number of hydrogen-bond donors (Lipinski definition) is 0. The molecule has 0 N–H and O–H groups in total. The first-order valence-electron chi connectivity index (χ1n) is 6.98. The number of hydrogen-bond acceptors (Lipinski definition) is 1. The Balaban J connectivity index is 1.93. The molecule has 0 bridgehead atoms. The van der Waals surface area contributed by atoms with Crippen molar-refractivity contribution < 1.29 is 4.74 Å². The van der Waals surface area contributed by atoms with Gasteiger partial charge in [-0.1, -0.05) is 67.2 Å². The van der Waals surface area contributed by atoms with E-state index in [0.29, 0.717) is 0 Å². The van der Waals surface area contributed by atoms with Crippen LogP contribution >= 0.6 is 0 Å². The molecule has 1 heteroatoms. The largest absolute Gasteiger partial charge is 0.464 e. The minimum absolute atomic E-state index is 0.874. The smallest absolute Gasteiger partial charge is 0.135 e. The second-order valence-electron chi connectivity index (χ2n) is 5.15. The van der Waals surface area contributed by atoms with Crippen LogP contribution in [0.2, 0.25) is 0 Å². The summed E-state index contributed by atoms with van der Waals surface area (Å²) >= 11 is 0. The zero-order valence-electron chi connectivity index (χ0n) is 11.5. The molecule has 100 valence electrons. The molecule has 3 aromatic carbocycles. The van der Waals surface area contributed by atoms with Gasteiger partial charge in [-0.15, -0.1) is 0 Å². The first-order valence-corrected chi connectivity index (χ1v) is 6.98. The van der Waals surface area contributed by atoms with Gasteiger partial charge in [0, 0.05) is 11.1 Å². The molecule has 0 spiro atoms. The van der Waals surface area contributed by atoms with Crippen molar-refractivity contribution in [2.45, 2.75) is 0 Å². The van der Waals surface area contributed by atoms with E-state index in [1.165, 1.54) is 10.8 Å². The first kappa shape index (κ1) is 12.0. The normalized spacial score (nSPS) is 13.5. The van der Waals surface area contributed by atoms with Crippen LogP contribution in [0.3, 0.4) is 0 Å². The number of benzene rings is 3. The molecule has 1 heterocycles. The number of rotatable bonds is 1. The van der Waals surface area contributed by atoms with E-state index in [9.17, 15) is 0 Å². The quantitative estimate of drug-likeness (QED) is 0.584. The molecule has 0 atom stereocenters. The minimum Gasteiger partial charge on any atom is -0.464 e. The summed E-state index contributed by atoms with van der Waals surface area (Å²) in [6, 6.07) is 22.7. The number of fused-ring (bicyclic) bond motifs is 3. The Morgan fingerprint density at radius 2 is 1.52 bits per heavy atom. The van der Waals surface area contributed by atoms with Crippen molar-refractivity contribution in [3.8, 4) is 5.75 Å². The molecule has 0 fully saturated rings. The fraction of sp³-hybridized carbons (Fsp3) is 0. The highest BCUT2D eigenvalue weighted by molar-refractivity contribution is 6.12. The third kappa shape index (κ3) is 1.86. The summed E-state index contributed by atoms with van der Waals surface area (Å²) in [6.45, 7) is 4.32. The van der Waals surface area contributed by atoms with Gasteiger partial charge in [-0.25, -0.2) is 0 Å². The van der Waals surface area contributed by atoms with E-state index in [1.807, 2.05) is 24.3 Å². The topological polar surface area (TPSA) is 9.23 Å². The summed E-state index contributed by atoms with van der Waals surface area (Å²) in [5.41, 5.74) is 4.27.